The first kappa shape index (κ1) is 23.2. The maximum absolute atomic E-state index is 12.8. The van der Waals surface area contributed by atoms with Crippen LogP contribution in [0, 0.1) is 6.92 Å². The number of methoxy groups -OCH3 is 2. The van der Waals surface area contributed by atoms with Crippen molar-refractivity contribution in [3.8, 4) is 5.75 Å². The van der Waals surface area contributed by atoms with Crippen molar-refractivity contribution in [1.82, 2.24) is 4.90 Å². The average molecular weight is 431 g/mol. The highest BCUT2D eigenvalue weighted by Gasteiger charge is 2.27. The molecular formula is C22H26N2O5S. The standard InChI is InChI=1S/C22H26N2O5S/c1-6-24(7-2)21(26)19-14(3)18(22(27)29-5)20(30-19)23-17(25)13-10-15-8-11-16(28-4)12-9-15/h8-13H,6-7H2,1-5H3,(H,23,25)/b13-10-. The molecule has 0 radical (unpaired) electrons. The van der Waals surface area contributed by atoms with E-state index in [0.717, 1.165) is 22.6 Å². The molecule has 7 nitrogen and oxygen atoms in total. The fourth-order valence-corrected chi connectivity index (χ4v) is 4.01. The molecule has 30 heavy (non-hydrogen) atoms. The fourth-order valence-electron chi connectivity index (χ4n) is 2.85. The second kappa shape index (κ2) is 10.6. The van der Waals surface area contributed by atoms with Gasteiger partial charge in [0.25, 0.3) is 5.91 Å². The Hall–Kier alpha value is -3.13. The summed E-state index contributed by atoms with van der Waals surface area (Å²) in [5.41, 5.74) is 1.52. The van der Waals surface area contributed by atoms with Gasteiger partial charge >= 0.3 is 5.97 Å². The first-order valence-electron chi connectivity index (χ1n) is 9.50. The number of carbonyl (C=O) groups excluding carboxylic acids is 3. The molecule has 1 aromatic heterocycles. The van der Waals surface area contributed by atoms with Crippen LogP contribution in [0.5, 0.6) is 5.75 Å². The molecular weight excluding hydrogens is 404 g/mol. The van der Waals surface area contributed by atoms with E-state index in [-0.39, 0.29) is 11.5 Å². The fraction of sp³-hybridized carbons (Fsp3) is 0.318. The van der Waals surface area contributed by atoms with Crippen molar-refractivity contribution in [2.45, 2.75) is 20.8 Å². The SMILES string of the molecule is CCN(CC)C(=O)c1sc(NC(=O)/C=C\c2ccc(OC)cc2)c(C(=O)OC)c1C. The molecule has 0 fully saturated rings. The molecule has 0 saturated heterocycles. The molecule has 0 atom stereocenters. The molecule has 0 bridgehead atoms. The number of anilines is 1. The second-order valence-corrected chi connectivity index (χ2v) is 7.35. The summed E-state index contributed by atoms with van der Waals surface area (Å²) in [6, 6.07) is 7.22. The van der Waals surface area contributed by atoms with Gasteiger partial charge in [0.2, 0.25) is 5.91 Å². The summed E-state index contributed by atoms with van der Waals surface area (Å²) in [6.07, 6.45) is 3.01. The Labute approximate surface area is 180 Å². The number of thiophene rings is 1. The molecule has 1 N–H and O–H groups in total. The van der Waals surface area contributed by atoms with Crippen molar-refractivity contribution >= 4 is 40.2 Å². The minimum Gasteiger partial charge on any atom is -0.497 e. The van der Waals surface area contributed by atoms with Gasteiger partial charge in [-0.2, -0.15) is 0 Å². The Kier molecular flexibility index (Phi) is 8.17. The summed E-state index contributed by atoms with van der Waals surface area (Å²) in [7, 11) is 2.85. The molecule has 0 spiro atoms. The number of ether oxygens (including phenoxy) is 2. The first-order chi connectivity index (χ1) is 14.4. The highest BCUT2D eigenvalue weighted by molar-refractivity contribution is 7.18. The van der Waals surface area contributed by atoms with E-state index >= 15 is 0 Å². The Balaban J connectivity index is 2.29. The lowest BCUT2D eigenvalue weighted by Crippen LogP contribution is -2.30. The number of carbonyl (C=O) groups is 3. The quantitative estimate of drug-likeness (QED) is 0.506. The van der Waals surface area contributed by atoms with Gasteiger partial charge in [0.15, 0.2) is 0 Å². The number of nitrogens with zero attached hydrogens (tertiary/aromatic N) is 1. The third kappa shape index (κ3) is 5.27. The van der Waals surface area contributed by atoms with E-state index in [9.17, 15) is 14.4 Å². The van der Waals surface area contributed by atoms with Crippen molar-refractivity contribution in [2.24, 2.45) is 0 Å². The lowest BCUT2D eigenvalue weighted by atomic mass is 10.1. The Morgan fingerprint density at radius 1 is 1.10 bits per heavy atom. The molecule has 0 unspecified atom stereocenters. The molecule has 0 aliphatic rings. The van der Waals surface area contributed by atoms with Crippen molar-refractivity contribution in [3.05, 3.63) is 51.9 Å². The van der Waals surface area contributed by atoms with Crippen LogP contribution >= 0.6 is 11.3 Å². The number of hydrogen-bond acceptors (Lipinski definition) is 6. The van der Waals surface area contributed by atoms with Crippen LogP contribution in [0.4, 0.5) is 5.00 Å². The zero-order chi connectivity index (χ0) is 22.3. The Morgan fingerprint density at radius 2 is 1.73 bits per heavy atom. The van der Waals surface area contributed by atoms with E-state index in [1.807, 2.05) is 26.0 Å². The lowest BCUT2D eigenvalue weighted by molar-refractivity contribution is -0.111. The lowest BCUT2D eigenvalue weighted by Gasteiger charge is -2.17. The van der Waals surface area contributed by atoms with Crippen LogP contribution in [0.3, 0.4) is 0 Å². The van der Waals surface area contributed by atoms with E-state index in [0.29, 0.717) is 28.5 Å². The van der Waals surface area contributed by atoms with Crippen molar-refractivity contribution in [2.75, 3.05) is 32.6 Å². The van der Waals surface area contributed by atoms with Gasteiger partial charge in [0.05, 0.1) is 24.7 Å². The van der Waals surface area contributed by atoms with E-state index < -0.39 is 11.9 Å². The first-order valence-corrected chi connectivity index (χ1v) is 10.3. The van der Waals surface area contributed by atoms with Crippen molar-refractivity contribution < 1.29 is 23.9 Å². The smallest absolute Gasteiger partial charge is 0.341 e. The van der Waals surface area contributed by atoms with Gasteiger partial charge in [-0.25, -0.2) is 4.79 Å². The minimum absolute atomic E-state index is 0.179. The number of benzene rings is 1. The van der Waals surface area contributed by atoms with Gasteiger partial charge in [0.1, 0.15) is 10.8 Å². The summed E-state index contributed by atoms with van der Waals surface area (Å²) < 4.78 is 9.97. The van der Waals surface area contributed by atoms with Gasteiger partial charge in [0, 0.05) is 19.2 Å². The van der Waals surface area contributed by atoms with E-state index in [1.165, 1.54) is 13.2 Å². The van der Waals surface area contributed by atoms with Gasteiger partial charge in [-0.15, -0.1) is 11.3 Å². The molecule has 1 heterocycles. The van der Waals surface area contributed by atoms with Crippen LogP contribution < -0.4 is 10.1 Å². The summed E-state index contributed by atoms with van der Waals surface area (Å²) in [5, 5.41) is 3.00. The van der Waals surface area contributed by atoms with Crippen LogP contribution in [-0.4, -0.2) is 50.0 Å². The molecule has 2 rings (SSSR count). The molecule has 0 aliphatic heterocycles. The average Bonchev–Trinajstić information content (AvgIpc) is 3.08. The molecule has 2 aromatic rings. The zero-order valence-corrected chi connectivity index (χ0v) is 18.6. The number of nitrogens with one attached hydrogen (secondary N) is 1. The van der Waals surface area contributed by atoms with Gasteiger partial charge < -0.3 is 19.7 Å². The normalized spacial score (nSPS) is 10.7. The van der Waals surface area contributed by atoms with Crippen molar-refractivity contribution in [1.29, 1.82) is 0 Å². The molecule has 2 amide bonds. The van der Waals surface area contributed by atoms with E-state index in [2.05, 4.69) is 5.32 Å². The molecule has 0 aliphatic carbocycles. The second-order valence-electron chi connectivity index (χ2n) is 6.33. The Bertz CT molecular complexity index is 943. The highest BCUT2D eigenvalue weighted by Crippen LogP contribution is 2.34. The topological polar surface area (TPSA) is 84.9 Å². The number of rotatable bonds is 8. The monoisotopic (exact) mass is 430 g/mol. The number of esters is 1. The molecule has 8 heteroatoms. The molecule has 0 saturated carbocycles. The van der Waals surface area contributed by atoms with Crippen LogP contribution in [0.15, 0.2) is 30.3 Å². The van der Waals surface area contributed by atoms with Crippen LogP contribution in [-0.2, 0) is 9.53 Å². The van der Waals surface area contributed by atoms with Crippen LogP contribution in [0.1, 0.15) is 45.0 Å². The van der Waals surface area contributed by atoms with E-state index in [1.54, 1.807) is 37.1 Å². The van der Waals surface area contributed by atoms with Crippen molar-refractivity contribution in [3.63, 3.8) is 0 Å². The molecule has 160 valence electrons. The Morgan fingerprint density at radius 3 is 2.27 bits per heavy atom. The zero-order valence-electron chi connectivity index (χ0n) is 17.8. The summed E-state index contributed by atoms with van der Waals surface area (Å²) >= 11 is 1.08. The third-order valence-electron chi connectivity index (χ3n) is 4.56. The predicted molar refractivity (Wildman–Crippen MR) is 118 cm³/mol. The van der Waals surface area contributed by atoms with Crippen LogP contribution in [0.25, 0.3) is 6.08 Å². The number of amides is 2. The van der Waals surface area contributed by atoms with Gasteiger partial charge in [-0.1, -0.05) is 12.1 Å². The maximum atomic E-state index is 12.8. The van der Waals surface area contributed by atoms with E-state index in [4.69, 9.17) is 9.47 Å². The molecule has 1 aromatic carbocycles. The maximum Gasteiger partial charge on any atom is 0.341 e. The summed E-state index contributed by atoms with van der Waals surface area (Å²) in [5.74, 6) is -0.475. The van der Waals surface area contributed by atoms with Gasteiger partial charge in [-0.05, 0) is 50.1 Å². The van der Waals surface area contributed by atoms with Gasteiger partial charge in [-0.3, -0.25) is 9.59 Å². The van der Waals surface area contributed by atoms with Crippen LogP contribution in [0.2, 0.25) is 0 Å². The predicted octanol–water partition coefficient (Wildman–Crippen LogP) is 3.99. The summed E-state index contributed by atoms with van der Waals surface area (Å²) in [6.45, 7) is 6.55. The number of hydrogen-bond donors (Lipinski definition) is 1. The highest BCUT2D eigenvalue weighted by atomic mass is 32.1. The minimum atomic E-state index is -0.600. The third-order valence-corrected chi connectivity index (χ3v) is 5.76. The summed E-state index contributed by atoms with van der Waals surface area (Å²) in [4.78, 5) is 39.6. The largest absolute Gasteiger partial charge is 0.497 e.